The van der Waals surface area contributed by atoms with Gasteiger partial charge in [0.15, 0.2) is 0 Å². The Kier molecular flexibility index (Phi) is 6.51. The van der Waals surface area contributed by atoms with Gasteiger partial charge in [-0.2, -0.15) is 0 Å². The average molecular weight is 369 g/mol. The monoisotopic (exact) mass is 368 g/mol. The Bertz CT molecular complexity index is 345. The van der Waals surface area contributed by atoms with Crippen molar-refractivity contribution in [2.24, 2.45) is 23.7 Å². The van der Waals surface area contributed by atoms with Crippen molar-refractivity contribution in [3.8, 4) is 0 Å². The summed E-state index contributed by atoms with van der Waals surface area (Å²) in [6.45, 7) is 3.13. The summed E-state index contributed by atoms with van der Waals surface area (Å²) in [6.07, 6.45) is 16.5. The zero-order valence-electron chi connectivity index (χ0n) is 15.8. The second kappa shape index (κ2) is 8.83. The van der Waals surface area contributed by atoms with Gasteiger partial charge in [0.25, 0.3) is 0 Å². The van der Waals surface area contributed by atoms with Crippen molar-refractivity contribution in [2.75, 3.05) is 26.4 Å². The largest absolute Gasteiger partial charge is 0.679 e. The van der Waals surface area contributed by atoms with Crippen LogP contribution in [-0.4, -0.2) is 35.5 Å². The maximum absolute atomic E-state index is 6.15. The van der Waals surface area contributed by atoms with E-state index < -0.39 is 9.05 Å². The molecule has 4 aliphatic rings. The van der Waals surface area contributed by atoms with E-state index in [4.69, 9.17) is 17.7 Å². The fourth-order valence-electron chi connectivity index (χ4n) is 5.29. The van der Waals surface area contributed by atoms with E-state index in [9.17, 15) is 0 Å². The molecule has 144 valence electrons. The second-order valence-corrected chi connectivity index (χ2v) is 10.9. The van der Waals surface area contributed by atoms with Gasteiger partial charge in [-0.1, -0.05) is 77.0 Å². The summed E-state index contributed by atoms with van der Waals surface area (Å²) in [5, 5.41) is 0. The van der Waals surface area contributed by atoms with Crippen molar-refractivity contribution in [3.05, 3.63) is 0 Å². The summed E-state index contributed by atoms with van der Waals surface area (Å²) in [7, 11) is -2.81. The van der Waals surface area contributed by atoms with E-state index in [0.717, 1.165) is 38.3 Å². The molecule has 1 spiro atoms. The van der Waals surface area contributed by atoms with E-state index in [2.05, 4.69) is 0 Å². The maximum atomic E-state index is 6.15. The first-order valence-corrected chi connectivity index (χ1v) is 12.5. The van der Waals surface area contributed by atoms with Crippen molar-refractivity contribution in [3.63, 3.8) is 0 Å². The molecule has 4 rings (SSSR count). The molecule has 0 N–H and O–H groups in total. The summed E-state index contributed by atoms with van der Waals surface area (Å²) in [4.78, 5) is 0. The Balaban J connectivity index is 1.25. The topological polar surface area (TPSA) is 36.9 Å². The molecule has 0 amide bonds. The van der Waals surface area contributed by atoms with E-state index in [1.54, 1.807) is 0 Å². The fraction of sp³-hybridized carbons (Fsp3) is 1.00. The molecule has 25 heavy (non-hydrogen) atoms. The molecule has 0 radical (unpaired) electrons. The Hall–Kier alpha value is 0.0569. The quantitative estimate of drug-likeness (QED) is 0.523. The molecule has 4 nitrogen and oxygen atoms in total. The third kappa shape index (κ3) is 4.67. The predicted octanol–water partition coefficient (Wildman–Crippen LogP) is 4.69. The molecule has 2 saturated carbocycles. The van der Waals surface area contributed by atoms with Crippen molar-refractivity contribution < 1.29 is 17.7 Å². The number of rotatable bonds is 2. The zero-order valence-corrected chi connectivity index (χ0v) is 16.8. The lowest BCUT2D eigenvalue weighted by atomic mass is 9.87. The molecule has 5 heteroatoms. The predicted molar refractivity (Wildman–Crippen MR) is 98.9 cm³/mol. The minimum atomic E-state index is -2.81. The standard InChI is InChI=1S/C20H36O4Si/c1-2-6-10-17(9-5-1)19-13-21-25(22-14-19)23-15-20(16-24-25)18-11-7-3-4-8-12-18/h17-20H,1-16H2. The Morgan fingerprint density at radius 2 is 0.720 bits per heavy atom. The van der Waals surface area contributed by atoms with E-state index in [-0.39, 0.29) is 0 Å². The molecule has 0 bridgehead atoms. The first kappa shape index (κ1) is 18.4. The summed E-state index contributed by atoms with van der Waals surface area (Å²) >= 11 is 0. The summed E-state index contributed by atoms with van der Waals surface area (Å²) in [5.41, 5.74) is 0. The minimum absolute atomic E-state index is 0.544. The van der Waals surface area contributed by atoms with Gasteiger partial charge < -0.3 is 17.7 Å². The molecule has 0 aromatic carbocycles. The first-order chi connectivity index (χ1) is 12.3. The number of hydrogen-bond donors (Lipinski definition) is 0. The van der Waals surface area contributed by atoms with Gasteiger partial charge in [0.05, 0.1) is 0 Å². The lowest BCUT2D eigenvalue weighted by Gasteiger charge is -2.42. The van der Waals surface area contributed by atoms with Gasteiger partial charge in [-0.25, -0.2) is 0 Å². The molecule has 0 atom stereocenters. The summed E-state index contributed by atoms with van der Waals surface area (Å²) in [5.74, 6) is 2.64. The maximum Gasteiger partial charge on any atom is 0.679 e. The van der Waals surface area contributed by atoms with Gasteiger partial charge in [0.2, 0.25) is 0 Å². The SMILES string of the molecule is C1CCCC(C2CO[Si]3(OC2)OCC(C2CCCCCC2)CO3)CC1. The molecule has 0 aromatic rings. The average Bonchev–Trinajstić information content (AvgIpc) is 3.08. The summed E-state index contributed by atoms with van der Waals surface area (Å²) in [6, 6.07) is 0. The van der Waals surface area contributed by atoms with Crippen LogP contribution in [0.25, 0.3) is 0 Å². The second-order valence-electron chi connectivity index (χ2n) is 8.77. The van der Waals surface area contributed by atoms with Gasteiger partial charge in [-0.05, 0) is 11.8 Å². The van der Waals surface area contributed by atoms with Crippen LogP contribution in [-0.2, 0) is 17.7 Å². The van der Waals surface area contributed by atoms with Crippen molar-refractivity contribution >= 4 is 9.05 Å². The molecule has 0 unspecified atom stereocenters. The third-order valence-electron chi connectivity index (χ3n) is 7.03. The highest BCUT2D eigenvalue weighted by Crippen LogP contribution is 2.37. The Morgan fingerprint density at radius 3 is 1.04 bits per heavy atom. The molecular formula is C20H36O4Si. The zero-order chi connectivity index (χ0) is 17.0. The van der Waals surface area contributed by atoms with Crippen LogP contribution >= 0.6 is 0 Å². The van der Waals surface area contributed by atoms with Gasteiger partial charge in [-0.15, -0.1) is 0 Å². The lowest BCUT2D eigenvalue weighted by molar-refractivity contribution is -0.129. The van der Waals surface area contributed by atoms with Crippen LogP contribution in [0.15, 0.2) is 0 Å². The van der Waals surface area contributed by atoms with Crippen molar-refractivity contribution in [1.29, 1.82) is 0 Å². The fourth-order valence-corrected chi connectivity index (χ4v) is 7.46. The van der Waals surface area contributed by atoms with Crippen LogP contribution in [0.1, 0.15) is 77.0 Å². The Morgan fingerprint density at radius 1 is 0.400 bits per heavy atom. The van der Waals surface area contributed by atoms with E-state index in [1.807, 2.05) is 0 Å². The van der Waals surface area contributed by atoms with Gasteiger partial charge >= 0.3 is 9.05 Å². The van der Waals surface area contributed by atoms with Crippen LogP contribution in [0.2, 0.25) is 0 Å². The third-order valence-corrected chi connectivity index (χ3v) is 9.11. The Labute approximate surface area is 154 Å². The molecular weight excluding hydrogens is 332 g/mol. The van der Waals surface area contributed by atoms with Crippen LogP contribution < -0.4 is 0 Å². The summed E-state index contributed by atoms with van der Waals surface area (Å²) < 4.78 is 24.6. The van der Waals surface area contributed by atoms with Crippen LogP contribution in [0.4, 0.5) is 0 Å². The molecule has 2 heterocycles. The molecule has 0 aromatic heterocycles. The van der Waals surface area contributed by atoms with Crippen molar-refractivity contribution in [2.45, 2.75) is 77.0 Å². The number of hydrogen-bond acceptors (Lipinski definition) is 4. The molecule has 2 saturated heterocycles. The normalized spacial score (nSPS) is 39.8. The van der Waals surface area contributed by atoms with Gasteiger partial charge in [0, 0.05) is 38.3 Å². The van der Waals surface area contributed by atoms with Crippen LogP contribution in [0.5, 0.6) is 0 Å². The van der Waals surface area contributed by atoms with E-state index >= 15 is 0 Å². The highest BCUT2D eigenvalue weighted by atomic mass is 28.4. The minimum Gasteiger partial charge on any atom is -0.351 e. The van der Waals surface area contributed by atoms with Gasteiger partial charge in [0.1, 0.15) is 0 Å². The highest BCUT2D eigenvalue weighted by molar-refractivity contribution is 6.53. The van der Waals surface area contributed by atoms with E-state index in [1.165, 1.54) is 77.0 Å². The molecule has 2 aliphatic heterocycles. The smallest absolute Gasteiger partial charge is 0.351 e. The highest BCUT2D eigenvalue weighted by Gasteiger charge is 2.53. The van der Waals surface area contributed by atoms with Gasteiger partial charge in [-0.3, -0.25) is 0 Å². The van der Waals surface area contributed by atoms with E-state index in [0.29, 0.717) is 11.8 Å². The van der Waals surface area contributed by atoms with Crippen molar-refractivity contribution in [1.82, 2.24) is 0 Å². The molecule has 4 fully saturated rings. The lowest BCUT2D eigenvalue weighted by Crippen LogP contribution is -2.59. The van der Waals surface area contributed by atoms with Crippen LogP contribution in [0.3, 0.4) is 0 Å². The van der Waals surface area contributed by atoms with Crippen LogP contribution in [0, 0.1) is 23.7 Å². The first-order valence-electron chi connectivity index (χ1n) is 10.9. The molecule has 2 aliphatic carbocycles.